The van der Waals surface area contributed by atoms with Crippen LogP contribution in [0.2, 0.25) is 10.0 Å². The normalized spacial score (nSPS) is 20.6. The highest BCUT2D eigenvalue weighted by atomic mass is 35.5. The molecule has 138 valence electrons. The molecule has 0 unspecified atom stereocenters. The third-order valence-electron chi connectivity index (χ3n) is 4.09. The average Bonchev–Trinajstić information content (AvgIpc) is 2.49. The van der Waals surface area contributed by atoms with Crippen LogP contribution in [0.1, 0.15) is 12.5 Å². The molecule has 1 aromatic carbocycles. The number of piperazine rings is 1. The van der Waals surface area contributed by atoms with Crippen molar-refractivity contribution in [1.82, 2.24) is 9.21 Å². The Bertz CT molecular complexity index is 795. The zero-order chi connectivity index (χ0) is 18.8. The minimum atomic E-state index is -3.23. The molecule has 0 bridgehead atoms. The second kappa shape index (κ2) is 8.05. The Morgan fingerprint density at radius 2 is 2.00 bits per heavy atom. The van der Waals surface area contributed by atoms with E-state index in [2.05, 4.69) is 0 Å². The lowest BCUT2D eigenvalue weighted by Gasteiger charge is -2.37. The third kappa shape index (κ3) is 5.18. The molecular weight excluding hydrogens is 387 g/mol. The molecule has 0 radical (unpaired) electrons. The second-order valence-electron chi connectivity index (χ2n) is 6.03. The van der Waals surface area contributed by atoms with Crippen LogP contribution >= 0.6 is 23.2 Å². The molecule has 1 aliphatic heterocycles. The van der Waals surface area contributed by atoms with E-state index < -0.39 is 16.0 Å². The molecule has 1 atom stereocenters. The minimum Gasteiger partial charge on any atom is -0.478 e. The Morgan fingerprint density at radius 1 is 1.32 bits per heavy atom. The molecular formula is C16H20Cl2N2O4S. The van der Waals surface area contributed by atoms with E-state index in [-0.39, 0.29) is 11.6 Å². The van der Waals surface area contributed by atoms with Gasteiger partial charge >= 0.3 is 5.97 Å². The average molecular weight is 407 g/mol. The summed E-state index contributed by atoms with van der Waals surface area (Å²) < 4.78 is 24.9. The van der Waals surface area contributed by atoms with Gasteiger partial charge in [0.05, 0.1) is 21.9 Å². The first-order valence-corrected chi connectivity index (χ1v) is 10.3. The van der Waals surface area contributed by atoms with Gasteiger partial charge in [-0.1, -0.05) is 35.3 Å². The van der Waals surface area contributed by atoms with Gasteiger partial charge in [-0.2, -0.15) is 4.31 Å². The predicted molar refractivity (Wildman–Crippen MR) is 99.5 cm³/mol. The first kappa shape index (κ1) is 20.2. The van der Waals surface area contributed by atoms with Crippen molar-refractivity contribution in [2.24, 2.45) is 0 Å². The van der Waals surface area contributed by atoms with Crippen LogP contribution in [-0.2, 0) is 14.8 Å². The Labute approximate surface area is 157 Å². The molecule has 0 spiro atoms. The Hall–Kier alpha value is -1.12. The number of carboxylic acid groups (broad SMARTS) is 1. The highest BCUT2D eigenvalue weighted by Gasteiger charge is 2.29. The summed E-state index contributed by atoms with van der Waals surface area (Å²) in [4.78, 5) is 13.6. The van der Waals surface area contributed by atoms with Crippen LogP contribution in [0.5, 0.6) is 0 Å². The fraction of sp³-hybridized carbons (Fsp3) is 0.438. The van der Waals surface area contributed by atoms with Gasteiger partial charge < -0.3 is 5.11 Å². The summed E-state index contributed by atoms with van der Waals surface area (Å²) >= 11 is 11.8. The smallest absolute Gasteiger partial charge is 0.336 e. The summed E-state index contributed by atoms with van der Waals surface area (Å²) in [5.41, 5.74) is 0.612. The maximum Gasteiger partial charge on any atom is 0.336 e. The van der Waals surface area contributed by atoms with E-state index in [0.717, 1.165) is 0 Å². The van der Waals surface area contributed by atoms with Crippen molar-refractivity contribution in [3.8, 4) is 0 Å². The Kier molecular flexibility index (Phi) is 6.51. The number of aliphatic carboxylic acids is 1. The number of rotatable bonds is 5. The zero-order valence-electron chi connectivity index (χ0n) is 13.9. The molecule has 2 rings (SSSR count). The lowest BCUT2D eigenvalue weighted by atomic mass is 10.1. The third-order valence-corrected chi connectivity index (χ3v) is 6.22. The van der Waals surface area contributed by atoms with Crippen LogP contribution in [0.25, 0.3) is 5.57 Å². The number of hydrogen-bond acceptors (Lipinski definition) is 4. The maximum atomic E-state index is 11.7. The Morgan fingerprint density at radius 3 is 2.52 bits per heavy atom. The minimum absolute atomic E-state index is 0.136. The fourth-order valence-corrected chi connectivity index (χ4v) is 4.32. The van der Waals surface area contributed by atoms with Crippen LogP contribution in [-0.4, -0.2) is 67.2 Å². The summed E-state index contributed by atoms with van der Waals surface area (Å²) in [5, 5.41) is 10.1. The van der Waals surface area contributed by atoms with Gasteiger partial charge in [-0.15, -0.1) is 0 Å². The first-order chi connectivity index (χ1) is 11.6. The van der Waals surface area contributed by atoms with E-state index in [1.807, 2.05) is 11.8 Å². The molecule has 1 heterocycles. The van der Waals surface area contributed by atoms with Gasteiger partial charge in [0.25, 0.3) is 0 Å². The molecule has 0 aliphatic carbocycles. The molecule has 9 heteroatoms. The van der Waals surface area contributed by atoms with Gasteiger partial charge in [-0.3, -0.25) is 4.90 Å². The number of carbonyl (C=O) groups is 1. The van der Waals surface area contributed by atoms with E-state index in [0.29, 0.717) is 41.8 Å². The molecule has 6 nitrogen and oxygen atoms in total. The highest BCUT2D eigenvalue weighted by Crippen LogP contribution is 2.26. The highest BCUT2D eigenvalue weighted by molar-refractivity contribution is 7.88. The van der Waals surface area contributed by atoms with Crippen molar-refractivity contribution in [2.45, 2.75) is 13.0 Å². The van der Waals surface area contributed by atoms with Crippen molar-refractivity contribution in [3.05, 3.63) is 39.9 Å². The second-order valence-corrected chi connectivity index (χ2v) is 8.78. The monoisotopic (exact) mass is 406 g/mol. The van der Waals surface area contributed by atoms with Crippen LogP contribution in [0, 0.1) is 0 Å². The molecule has 1 fully saturated rings. The summed E-state index contributed by atoms with van der Waals surface area (Å²) in [6.45, 7) is 3.72. The molecule has 1 aromatic rings. The van der Waals surface area contributed by atoms with Crippen molar-refractivity contribution in [2.75, 3.05) is 32.4 Å². The van der Waals surface area contributed by atoms with Crippen molar-refractivity contribution in [1.29, 1.82) is 0 Å². The summed E-state index contributed by atoms with van der Waals surface area (Å²) in [6, 6.07) is 4.53. The standard InChI is InChI=1S/C16H20Cl2N2O4S/c1-11-10-19(7-8-20(11)25(2,23)24)6-5-13(16(21)22)12-3-4-14(17)15(18)9-12/h3-5,9,11H,6-8,10H2,1-2H3,(H,21,22)/b13-5-/t11-/m0/s1. The van der Waals surface area contributed by atoms with Crippen LogP contribution in [0.3, 0.4) is 0 Å². The largest absolute Gasteiger partial charge is 0.478 e. The number of sulfonamides is 1. The SMILES string of the molecule is C[C@H]1CN(C/C=C(\C(=O)O)c2ccc(Cl)c(Cl)c2)CCN1S(C)(=O)=O. The molecule has 1 saturated heterocycles. The molecule has 0 saturated carbocycles. The maximum absolute atomic E-state index is 11.7. The van der Waals surface area contributed by atoms with Crippen LogP contribution in [0.4, 0.5) is 0 Å². The molecule has 1 aliphatic rings. The van der Waals surface area contributed by atoms with Crippen LogP contribution in [0.15, 0.2) is 24.3 Å². The Balaban J connectivity index is 2.13. The van der Waals surface area contributed by atoms with E-state index >= 15 is 0 Å². The van der Waals surface area contributed by atoms with E-state index in [1.165, 1.54) is 16.6 Å². The van der Waals surface area contributed by atoms with Crippen molar-refractivity contribution < 1.29 is 18.3 Å². The van der Waals surface area contributed by atoms with E-state index in [4.69, 9.17) is 23.2 Å². The van der Waals surface area contributed by atoms with Gasteiger partial charge in [-0.05, 0) is 24.6 Å². The van der Waals surface area contributed by atoms with Crippen molar-refractivity contribution >= 4 is 44.8 Å². The summed E-state index contributed by atoms with van der Waals surface area (Å²) in [5.74, 6) is -1.05. The number of nitrogens with zero attached hydrogens (tertiary/aromatic N) is 2. The lowest BCUT2D eigenvalue weighted by Crippen LogP contribution is -2.53. The fourth-order valence-electron chi connectivity index (χ4n) is 2.89. The van der Waals surface area contributed by atoms with Gasteiger partial charge in [0, 0.05) is 32.2 Å². The summed E-state index contributed by atoms with van der Waals surface area (Å²) in [7, 11) is -3.23. The van der Waals surface area contributed by atoms with Gasteiger partial charge in [0.15, 0.2) is 0 Å². The number of halogens is 2. The van der Waals surface area contributed by atoms with Gasteiger partial charge in [0.1, 0.15) is 0 Å². The number of benzene rings is 1. The van der Waals surface area contributed by atoms with Crippen LogP contribution < -0.4 is 0 Å². The topological polar surface area (TPSA) is 77.9 Å². The van der Waals surface area contributed by atoms with Gasteiger partial charge in [0.2, 0.25) is 10.0 Å². The molecule has 0 amide bonds. The zero-order valence-corrected chi connectivity index (χ0v) is 16.3. The lowest BCUT2D eigenvalue weighted by molar-refractivity contribution is -0.130. The predicted octanol–water partition coefficient (Wildman–Crippen LogP) is 2.43. The van der Waals surface area contributed by atoms with E-state index in [1.54, 1.807) is 18.2 Å². The molecule has 25 heavy (non-hydrogen) atoms. The number of carboxylic acids is 1. The molecule has 0 aromatic heterocycles. The summed E-state index contributed by atoms with van der Waals surface area (Å²) in [6.07, 6.45) is 2.82. The van der Waals surface area contributed by atoms with Gasteiger partial charge in [-0.25, -0.2) is 13.2 Å². The number of hydrogen-bond donors (Lipinski definition) is 1. The van der Waals surface area contributed by atoms with E-state index in [9.17, 15) is 18.3 Å². The van der Waals surface area contributed by atoms with Crippen molar-refractivity contribution in [3.63, 3.8) is 0 Å². The quantitative estimate of drug-likeness (QED) is 0.759. The first-order valence-electron chi connectivity index (χ1n) is 7.67. The molecule has 1 N–H and O–H groups in total.